The predicted molar refractivity (Wildman–Crippen MR) is 67.1 cm³/mol. The van der Waals surface area contributed by atoms with Crippen molar-refractivity contribution in [2.45, 2.75) is 37.8 Å². The van der Waals surface area contributed by atoms with Crippen LogP contribution in [-0.4, -0.2) is 71.1 Å². The highest BCUT2D eigenvalue weighted by molar-refractivity contribution is 5.93. The summed E-state index contributed by atoms with van der Waals surface area (Å²) in [6.45, 7) is 2.68. The van der Waals surface area contributed by atoms with Gasteiger partial charge in [0, 0.05) is 14.1 Å². The normalized spacial score (nSPS) is 32.5. The van der Waals surface area contributed by atoms with E-state index < -0.39 is 41.9 Å². The van der Waals surface area contributed by atoms with Crippen LogP contribution in [0.25, 0.3) is 0 Å². The van der Waals surface area contributed by atoms with Crippen molar-refractivity contribution < 1.29 is 29.3 Å². The third kappa shape index (κ3) is 2.68. The summed E-state index contributed by atoms with van der Waals surface area (Å²) >= 11 is 0. The second-order valence-electron chi connectivity index (χ2n) is 4.85. The first-order valence-corrected chi connectivity index (χ1v) is 5.96. The van der Waals surface area contributed by atoms with Gasteiger partial charge in [-0.25, -0.2) is 9.59 Å². The summed E-state index contributed by atoms with van der Waals surface area (Å²) in [6, 6.07) is -1.89. The molecule has 1 fully saturated rings. The van der Waals surface area contributed by atoms with Gasteiger partial charge >= 0.3 is 12.1 Å². The summed E-state index contributed by atoms with van der Waals surface area (Å²) in [6.07, 6.45) is -3.86. The molecule has 1 rings (SSSR count). The van der Waals surface area contributed by atoms with Crippen molar-refractivity contribution in [2.24, 2.45) is 0 Å². The molecule has 0 aromatic rings. The molecule has 1 heterocycles. The Morgan fingerprint density at radius 3 is 2.25 bits per heavy atom. The largest absolute Gasteiger partial charge is 0.465 e. The van der Waals surface area contributed by atoms with Crippen LogP contribution in [0.1, 0.15) is 13.8 Å². The fraction of sp³-hybridized carbons (Fsp3) is 0.727. The van der Waals surface area contributed by atoms with Gasteiger partial charge in [-0.1, -0.05) is 0 Å². The zero-order valence-electron chi connectivity index (χ0n) is 11.7. The minimum Gasteiger partial charge on any atom is -0.465 e. The van der Waals surface area contributed by atoms with Crippen molar-refractivity contribution in [3.63, 3.8) is 0 Å². The average Bonchev–Trinajstić information content (AvgIpc) is 2.52. The summed E-state index contributed by atoms with van der Waals surface area (Å²) in [7, 11) is 2.94. The number of hydrogen-bond donors (Lipinski definition) is 4. The van der Waals surface area contributed by atoms with Crippen LogP contribution in [0.4, 0.5) is 9.59 Å². The van der Waals surface area contributed by atoms with Crippen molar-refractivity contribution in [3.05, 3.63) is 0 Å². The number of carbonyl (C=O) groups is 3. The van der Waals surface area contributed by atoms with E-state index in [0.717, 1.165) is 0 Å². The molecule has 0 bridgehead atoms. The van der Waals surface area contributed by atoms with Crippen LogP contribution in [0, 0.1) is 0 Å². The Kier molecular flexibility index (Phi) is 4.56. The molecule has 1 aliphatic rings. The standard InChI is InChI=1S/C11H19N3O6/c1-5(15)11(13-9(17)14(3)4)6(2)20-8(16)7(11)12-10(18)19/h6-8,12,16H,1-4H3,(H,13,17)(H,18,19)/t6-,7+,8?,11-/m0/s1. The van der Waals surface area contributed by atoms with E-state index in [9.17, 15) is 19.5 Å². The van der Waals surface area contributed by atoms with Gasteiger partial charge in [0.25, 0.3) is 0 Å². The van der Waals surface area contributed by atoms with E-state index >= 15 is 0 Å². The maximum Gasteiger partial charge on any atom is 0.405 e. The number of nitrogens with one attached hydrogen (secondary N) is 2. The second-order valence-corrected chi connectivity index (χ2v) is 4.85. The Hall–Kier alpha value is -1.87. The third-order valence-corrected chi connectivity index (χ3v) is 3.34. The molecule has 0 aromatic heterocycles. The van der Waals surface area contributed by atoms with Gasteiger partial charge in [-0.15, -0.1) is 0 Å². The molecule has 4 atom stereocenters. The average molecular weight is 289 g/mol. The highest BCUT2D eigenvalue weighted by atomic mass is 16.6. The lowest BCUT2D eigenvalue weighted by Crippen LogP contribution is -2.70. The first-order chi connectivity index (χ1) is 9.12. The zero-order chi connectivity index (χ0) is 15.7. The maximum absolute atomic E-state index is 12.0. The molecule has 1 unspecified atom stereocenters. The van der Waals surface area contributed by atoms with Gasteiger partial charge in [0.2, 0.25) is 0 Å². The number of ether oxygens (including phenoxy) is 1. The SMILES string of the molecule is CC(=O)[C@]1(NC(=O)N(C)C)[C@H](C)OC(O)[C@H]1NC(=O)O. The minimum atomic E-state index is -1.67. The lowest BCUT2D eigenvalue weighted by molar-refractivity contribution is -0.125. The Morgan fingerprint density at radius 2 is 1.85 bits per heavy atom. The number of Topliss-reactive ketones (excluding diaryl/α,β-unsaturated/α-hetero) is 1. The van der Waals surface area contributed by atoms with Crippen LogP contribution >= 0.6 is 0 Å². The van der Waals surface area contributed by atoms with E-state index in [1.165, 1.54) is 32.8 Å². The highest BCUT2D eigenvalue weighted by Gasteiger charge is 2.59. The zero-order valence-corrected chi connectivity index (χ0v) is 11.7. The fourth-order valence-electron chi connectivity index (χ4n) is 2.25. The van der Waals surface area contributed by atoms with Gasteiger partial charge in [-0.2, -0.15) is 0 Å². The van der Waals surface area contributed by atoms with Gasteiger partial charge in [0.05, 0.1) is 6.10 Å². The van der Waals surface area contributed by atoms with Crippen molar-refractivity contribution in [1.29, 1.82) is 0 Å². The van der Waals surface area contributed by atoms with E-state index in [1.54, 1.807) is 0 Å². The number of carboxylic acid groups (broad SMARTS) is 1. The molecule has 1 saturated heterocycles. The minimum absolute atomic E-state index is 0.518. The summed E-state index contributed by atoms with van der Waals surface area (Å²) in [5.74, 6) is -0.518. The maximum atomic E-state index is 12.0. The predicted octanol–water partition coefficient (Wildman–Crippen LogP) is -1.04. The number of hydrogen-bond acceptors (Lipinski definition) is 5. The van der Waals surface area contributed by atoms with E-state index in [0.29, 0.717) is 0 Å². The number of ketones is 1. The van der Waals surface area contributed by atoms with Gasteiger partial charge in [-0.05, 0) is 13.8 Å². The Balaban J connectivity index is 3.20. The van der Waals surface area contributed by atoms with Crippen molar-refractivity contribution in [1.82, 2.24) is 15.5 Å². The molecule has 9 nitrogen and oxygen atoms in total. The van der Waals surface area contributed by atoms with E-state index in [-0.39, 0.29) is 0 Å². The number of aliphatic hydroxyl groups is 1. The first kappa shape index (κ1) is 16.2. The molecule has 0 spiro atoms. The van der Waals surface area contributed by atoms with Gasteiger partial charge in [-0.3, -0.25) is 4.79 Å². The molecule has 9 heteroatoms. The number of rotatable bonds is 3. The number of urea groups is 1. The van der Waals surface area contributed by atoms with Crippen LogP contribution in [0.3, 0.4) is 0 Å². The van der Waals surface area contributed by atoms with Gasteiger partial charge in [0.1, 0.15) is 6.04 Å². The fourth-order valence-corrected chi connectivity index (χ4v) is 2.25. The smallest absolute Gasteiger partial charge is 0.405 e. The van der Waals surface area contributed by atoms with Crippen LogP contribution < -0.4 is 10.6 Å². The van der Waals surface area contributed by atoms with Gasteiger partial charge < -0.3 is 30.5 Å². The molecule has 0 aliphatic carbocycles. The van der Waals surface area contributed by atoms with Crippen LogP contribution in [0.15, 0.2) is 0 Å². The lowest BCUT2D eigenvalue weighted by atomic mass is 9.83. The third-order valence-electron chi connectivity index (χ3n) is 3.34. The molecule has 20 heavy (non-hydrogen) atoms. The van der Waals surface area contributed by atoms with E-state index in [4.69, 9.17) is 9.84 Å². The van der Waals surface area contributed by atoms with E-state index in [1.807, 2.05) is 5.32 Å². The first-order valence-electron chi connectivity index (χ1n) is 5.96. The van der Waals surface area contributed by atoms with Crippen molar-refractivity contribution in [3.8, 4) is 0 Å². The number of nitrogens with zero attached hydrogens (tertiary/aromatic N) is 1. The van der Waals surface area contributed by atoms with E-state index in [2.05, 4.69) is 5.32 Å². The van der Waals surface area contributed by atoms with Crippen molar-refractivity contribution >= 4 is 17.9 Å². The molecular formula is C11H19N3O6. The Bertz CT molecular complexity index is 426. The number of amides is 3. The number of aliphatic hydroxyl groups excluding tert-OH is 1. The lowest BCUT2D eigenvalue weighted by Gasteiger charge is -2.36. The van der Waals surface area contributed by atoms with Crippen LogP contribution in [0.2, 0.25) is 0 Å². The van der Waals surface area contributed by atoms with Gasteiger partial charge in [0.15, 0.2) is 17.6 Å². The molecule has 0 saturated carbocycles. The van der Waals surface area contributed by atoms with Crippen LogP contribution in [-0.2, 0) is 9.53 Å². The molecule has 0 radical (unpaired) electrons. The van der Waals surface area contributed by atoms with Crippen LogP contribution in [0.5, 0.6) is 0 Å². The molecule has 3 amide bonds. The monoisotopic (exact) mass is 289 g/mol. The molecule has 114 valence electrons. The number of carbonyl (C=O) groups excluding carboxylic acids is 2. The summed E-state index contributed by atoms with van der Waals surface area (Å²) in [5.41, 5.74) is -1.67. The Morgan fingerprint density at radius 1 is 1.30 bits per heavy atom. The topological polar surface area (TPSA) is 128 Å². The second kappa shape index (κ2) is 5.63. The van der Waals surface area contributed by atoms with Crippen molar-refractivity contribution in [2.75, 3.05) is 14.1 Å². The molecule has 1 aliphatic heterocycles. The summed E-state index contributed by atoms with van der Waals surface area (Å²) in [5, 5.41) is 23.1. The molecule has 0 aromatic carbocycles. The summed E-state index contributed by atoms with van der Waals surface area (Å²) < 4.78 is 5.11. The highest BCUT2D eigenvalue weighted by Crippen LogP contribution is 2.31. The Labute approximate surface area is 115 Å². The quantitative estimate of drug-likeness (QED) is 0.525. The molecular weight excluding hydrogens is 270 g/mol. The summed E-state index contributed by atoms with van der Waals surface area (Å²) in [4.78, 5) is 35.9. The molecule has 4 N–H and O–H groups in total.